The molecule has 14 heavy (non-hydrogen) atoms. The van der Waals surface area contributed by atoms with Gasteiger partial charge in [-0.15, -0.1) is 0 Å². The molecule has 3 N–H and O–H groups in total. The minimum atomic E-state index is -0.752. The Morgan fingerprint density at radius 3 is 2.79 bits per heavy atom. The smallest absolute Gasteiger partial charge is 0.239 e. The number of nitrogens with one attached hydrogen (secondary N) is 1. The number of aryl methyl sites for hydroxylation is 1. The molecule has 0 aliphatic heterocycles. The van der Waals surface area contributed by atoms with Gasteiger partial charge in [0.15, 0.2) is 0 Å². The van der Waals surface area contributed by atoms with Crippen LogP contribution >= 0.6 is 0 Å². The number of nitrogens with zero attached hydrogens (tertiary/aromatic N) is 2. The fourth-order valence-electron chi connectivity index (χ4n) is 1.16. The summed E-state index contributed by atoms with van der Waals surface area (Å²) in [6.07, 6.45) is 3.62. The highest BCUT2D eigenvalue weighted by Gasteiger charge is 2.29. The number of hydrogen-bond donors (Lipinski definition) is 2. The van der Waals surface area contributed by atoms with E-state index in [1.807, 2.05) is 13.1 Å². The molecule has 0 radical (unpaired) electrons. The first-order valence-electron chi connectivity index (χ1n) is 4.46. The van der Waals surface area contributed by atoms with Gasteiger partial charge in [-0.3, -0.25) is 9.48 Å². The van der Waals surface area contributed by atoms with Crippen LogP contribution in [0.15, 0.2) is 12.4 Å². The number of carbonyl (C=O) groups is 1. The van der Waals surface area contributed by atoms with Gasteiger partial charge in [-0.2, -0.15) is 5.10 Å². The number of carbonyl (C=O) groups excluding carboxylic acids is 1. The van der Waals surface area contributed by atoms with Crippen molar-refractivity contribution in [1.29, 1.82) is 0 Å². The molecule has 0 aromatic carbocycles. The van der Waals surface area contributed by atoms with E-state index in [0.717, 1.165) is 5.56 Å². The number of nitrogens with two attached hydrogens (primary N) is 1. The molecule has 5 nitrogen and oxygen atoms in total. The lowest BCUT2D eigenvalue weighted by Crippen LogP contribution is -2.54. The minimum absolute atomic E-state index is 0.381. The van der Waals surface area contributed by atoms with Crippen LogP contribution in [0.4, 0.5) is 0 Å². The molecule has 1 rings (SSSR count). The van der Waals surface area contributed by atoms with Crippen molar-refractivity contribution in [3.8, 4) is 0 Å². The van der Waals surface area contributed by atoms with Crippen LogP contribution in [0.1, 0.15) is 12.5 Å². The van der Waals surface area contributed by atoms with Crippen LogP contribution < -0.4 is 11.1 Å². The maximum atomic E-state index is 11.2. The Balaban J connectivity index is 2.80. The monoisotopic (exact) mass is 196 g/mol. The van der Waals surface area contributed by atoms with Gasteiger partial charge in [0.1, 0.15) is 5.54 Å². The van der Waals surface area contributed by atoms with E-state index in [-0.39, 0.29) is 5.91 Å². The second-order valence-electron chi connectivity index (χ2n) is 3.66. The summed E-state index contributed by atoms with van der Waals surface area (Å²) in [4.78, 5) is 11.2. The quantitative estimate of drug-likeness (QED) is 0.691. The highest BCUT2D eigenvalue weighted by Crippen LogP contribution is 2.06. The number of aromatic nitrogens is 2. The first kappa shape index (κ1) is 10.7. The van der Waals surface area contributed by atoms with Crippen molar-refractivity contribution in [2.45, 2.75) is 25.9 Å². The van der Waals surface area contributed by atoms with Gasteiger partial charge in [0.05, 0.1) is 12.7 Å². The summed E-state index contributed by atoms with van der Waals surface area (Å²) in [5.41, 5.74) is 5.60. The lowest BCUT2D eigenvalue weighted by Gasteiger charge is -2.25. The molecule has 1 heterocycles. The van der Waals surface area contributed by atoms with Crippen molar-refractivity contribution in [3.63, 3.8) is 0 Å². The molecular formula is C9H16N4O. The van der Waals surface area contributed by atoms with Crippen LogP contribution in [-0.2, 0) is 11.3 Å². The Bertz CT molecular complexity index is 333. The second kappa shape index (κ2) is 3.79. The molecule has 0 spiro atoms. The van der Waals surface area contributed by atoms with Gasteiger partial charge >= 0.3 is 0 Å². The summed E-state index contributed by atoms with van der Waals surface area (Å²) >= 11 is 0. The molecule has 1 atom stereocenters. The minimum Gasteiger partial charge on any atom is -0.368 e. The van der Waals surface area contributed by atoms with Crippen LogP contribution in [0.5, 0.6) is 0 Å². The average molecular weight is 196 g/mol. The van der Waals surface area contributed by atoms with Gasteiger partial charge in [0.25, 0.3) is 0 Å². The van der Waals surface area contributed by atoms with Crippen molar-refractivity contribution in [2.75, 3.05) is 7.05 Å². The first-order valence-corrected chi connectivity index (χ1v) is 4.46. The predicted octanol–water partition coefficient (Wildman–Crippen LogP) is -0.345. The molecule has 0 saturated carbocycles. The summed E-state index contributed by atoms with van der Waals surface area (Å²) in [6.45, 7) is 4.14. The number of primary amides is 1. The number of likely N-dealkylation sites (N-methyl/N-ethyl adjacent to an activating group) is 1. The van der Waals surface area contributed by atoms with Crippen molar-refractivity contribution < 1.29 is 4.79 Å². The van der Waals surface area contributed by atoms with Crippen LogP contribution in [0, 0.1) is 6.92 Å². The zero-order valence-electron chi connectivity index (χ0n) is 8.74. The van der Waals surface area contributed by atoms with Gasteiger partial charge in [-0.25, -0.2) is 0 Å². The second-order valence-corrected chi connectivity index (χ2v) is 3.66. The standard InChI is InChI=1S/C9H16N4O/c1-7-4-12-13(5-7)6-9(2,11-3)8(10)14/h4-5,11H,6H2,1-3H3,(H2,10,14). The zero-order valence-corrected chi connectivity index (χ0v) is 8.74. The Morgan fingerprint density at radius 2 is 2.43 bits per heavy atom. The van der Waals surface area contributed by atoms with Gasteiger partial charge in [-0.05, 0) is 26.5 Å². The molecule has 78 valence electrons. The summed E-state index contributed by atoms with van der Waals surface area (Å²) in [7, 11) is 1.71. The van der Waals surface area contributed by atoms with E-state index in [1.54, 1.807) is 24.9 Å². The van der Waals surface area contributed by atoms with Gasteiger partial charge in [0, 0.05) is 6.20 Å². The van der Waals surface area contributed by atoms with Crippen LogP contribution in [0.2, 0.25) is 0 Å². The summed E-state index contributed by atoms with van der Waals surface area (Å²) in [5, 5.41) is 7.00. The molecule has 0 bridgehead atoms. The van der Waals surface area contributed by atoms with Crippen molar-refractivity contribution in [3.05, 3.63) is 18.0 Å². The molecule has 0 fully saturated rings. The van der Waals surface area contributed by atoms with E-state index in [4.69, 9.17) is 5.73 Å². The maximum absolute atomic E-state index is 11.2. The van der Waals surface area contributed by atoms with E-state index in [0.29, 0.717) is 6.54 Å². The predicted molar refractivity (Wildman–Crippen MR) is 53.6 cm³/mol. The fourth-order valence-corrected chi connectivity index (χ4v) is 1.16. The van der Waals surface area contributed by atoms with E-state index >= 15 is 0 Å². The van der Waals surface area contributed by atoms with Crippen molar-refractivity contribution in [1.82, 2.24) is 15.1 Å². The molecule has 5 heteroatoms. The van der Waals surface area contributed by atoms with Gasteiger partial charge in [-0.1, -0.05) is 0 Å². The molecule has 1 aromatic heterocycles. The van der Waals surface area contributed by atoms with E-state index in [1.165, 1.54) is 0 Å². The first-order chi connectivity index (χ1) is 6.48. The normalized spacial score (nSPS) is 15.1. The molecule has 0 saturated heterocycles. The lowest BCUT2D eigenvalue weighted by atomic mass is 10.0. The van der Waals surface area contributed by atoms with Crippen LogP contribution in [0.25, 0.3) is 0 Å². The molecule has 1 aromatic rings. The summed E-state index contributed by atoms with van der Waals surface area (Å²) < 4.78 is 1.70. The van der Waals surface area contributed by atoms with Crippen molar-refractivity contribution >= 4 is 5.91 Å². The topological polar surface area (TPSA) is 72.9 Å². The van der Waals surface area contributed by atoms with Crippen molar-refractivity contribution in [2.24, 2.45) is 5.73 Å². The highest BCUT2D eigenvalue weighted by molar-refractivity contribution is 5.84. The third-order valence-corrected chi connectivity index (χ3v) is 2.34. The Labute approximate surface area is 83.3 Å². The van der Waals surface area contributed by atoms with E-state index < -0.39 is 5.54 Å². The number of rotatable bonds is 4. The third kappa shape index (κ3) is 2.11. The summed E-state index contributed by atoms with van der Waals surface area (Å²) in [5.74, 6) is -0.381. The number of amides is 1. The largest absolute Gasteiger partial charge is 0.368 e. The van der Waals surface area contributed by atoms with Crippen LogP contribution in [-0.4, -0.2) is 28.3 Å². The van der Waals surface area contributed by atoms with E-state index in [9.17, 15) is 4.79 Å². The van der Waals surface area contributed by atoms with E-state index in [2.05, 4.69) is 10.4 Å². The third-order valence-electron chi connectivity index (χ3n) is 2.34. The van der Waals surface area contributed by atoms with Crippen LogP contribution in [0.3, 0.4) is 0 Å². The lowest BCUT2D eigenvalue weighted by molar-refractivity contribution is -0.124. The average Bonchev–Trinajstić information content (AvgIpc) is 2.50. The molecular weight excluding hydrogens is 180 g/mol. The number of hydrogen-bond acceptors (Lipinski definition) is 3. The SMILES string of the molecule is CNC(C)(Cn1cc(C)cn1)C(N)=O. The maximum Gasteiger partial charge on any atom is 0.239 e. The Hall–Kier alpha value is -1.36. The molecule has 1 amide bonds. The molecule has 0 aliphatic rings. The zero-order chi connectivity index (χ0) is 10.8. The Morgan fingerprint density at radius 1 is 1.79 bits per heavy atom. The summed E-state index contributed by atoms with van der Waals surface area (Å²) in [6, 6.07) is 0. The van der Waals surface area contributed by atoms with Gasteiger partial charge in [0.2, 0.25) is 5.91 Å². The fraction of sp³-hybridized carbons (Fsp3) is 0.556. The molecule has 0 aliphatic carbocycles. The molecule has 1 unspecified atom stereocenters. The highest BCUT2D eigenvalue weighted by atomic mass is 16.1. The Kier molecular flexibility index (Phi) is 2.90. The van der Waals surface area contributed by atoms with Gasteiger partial charge < -0.3 is 11.1 Å².